The largest absolute Gasteiger partial charge is 0.371 e. The molecule has 10 heteroatoms. The molecule has 8 nitrogen and oxygen atoms in total. The minimum Gasteiger partial charge on any atom is -0.371 e. The van der Waals surface area contributed by atoms with Gasteiger partial charge in [-0.2, -0.15) is 4.09 Å². The molecule has 200 valence electrons. The van der Waals surface area contributed by atoms with Crippen molar-refractivity contribution in [2.45, 2.75) is 37.8 Å². The lowest BCUT2D eigenvalue weighted by Gasteiger charge is -2.38. The number of likely N-dealkylation sites (tertiary alicyclic amines) is 1. The van der Waals surface area contributed by atoms with Gasteiger partial charge in [-0.1, -0.05) is 12.1 Å². The monoisotopic (exact) mass is 538 g/mol. The van der Waals surface area contributed by atoms with Crippen LogP contribution in [0.5, 0.6) is 0 Å². The van der Waals surface area contributed by atoms with E-state index in [9.17, 15) is 9.18 Å². The maximum atomic E-state index is 14.3. The summed E-state index contributed by atoms with van der Waals surface area (Å²) in [6.07, 6.45) is 7.50. The molecule has 0 radical (unpaired) electrons. The first-order chi connectivity index (χ1) is 18.6. The average Bonchev–Trinajstić information content (AvgIpc) is 3.50. The molecule has 0 N–H and O–H groups in total. The number of aromatic nitrogens is 3. The Morgan fingerprint density at radius 2 is 1.74 bits per heavy atom. The van der Waals surface area contributed by atoms with Crippen LogP contribution in [0.4, 0.5) is 16.0 Å². The highest BCUT2D eigenvalue weighted by molar-refractivity contribution is 6.16. The van der Waals surface area contributed by atoms with Crippen molar-refractivity contribution < 1.29 is 9.13 Å². The van der Waals surface area contributed by atoms with E-state index in [0.717, 1.165) is 35.0 Å². The number of piperidine rings is 1. The fourth-order valence-electron chi connectivity index (χ4n) is 5.90. The van der Waals surface area contributed by atoms with Crippen molar-refractivity contribution in [3.63, 3.8) is 0 Å². The number of hydrogen-bond acceptors (Lipinski definition) is 7. The van der Waals surface area contributed by atoms with E-state index in [2.05, 4.69) is 44.0 Å². The number of morpholine rings is 1. The lowest BCUT2D eigenvalue weighted by Crippen LogP contribution is -2.43. The highest BCUT2D eigenvalue weighted by Crippen LogP contribution is 2.30. The molecule has 5 heterocycles. The normalized spacial score (nSPS) is 21.3. The Hall–Kier alpha value is -3.01. The van der Waals surface area contributed by atoms with Gasteiger partial charge < -0.3 is 19.4 Å². The number of hydrogen-bond donors (Lipinski definition) is 0. The zero-order valence-corrected chi connectivity index (χ0v) is 22.1. The number of rotatable bonds is 5. The number of nitrogens with zero attached hydrogens (tertiary/aromatic N) is 6. The quantitative estimate of drug-likeness (QED) is 0.485. The standard InChI is InChI=1S/C28H32ClFN6O2/c29-36-27(37)17-25(23-7-10-31-18-24(23)30)32-28(36)35-15-16-38-26(19-35)20-3-5-21(6-4-20)34-13-8-22(9-14-34)33-11-1-2-12-33/h3-7,10,17-18,22,26H,1-2,8-9,11-16,19H2/t26-/m1/s1. The van der Waals surface area contributed by atoms with Crippen molar-refractivity contribution in [1.82, 2.24) is 19.0 Å². The molecule has 0 aliphatic carbocycles. The van der Waals surface area contributed by atoms with Crippen LogP contribution in [0.2, 0.25) is 0 Å². The number of halogens is 2. The first kappa shape index (κ1) is 25.3. The molecule has 3 aromatic rings. The third-order valence-electron chi connectivity index (χ3n) is 8.00. The van der Waals surface area contributed by atoms with Crippen molar-refractivity contribution in [3.8, 4) is 11.3 Å². The molecule has 38 heavy (non-hydrogen) atoms. The fourth-order valence-corrected chi connectivity index (χ4v) is 6.09. The van der Waals surface area contributed by atoms with Crippen molar-refractivity contribution in [3.05, 3.63) is 70.5 Å². The molecule has 0 saturated carbocycles. The summed E-state index contributed by atoms with van der Waals surface area (Å²) in [5.74, 6) is -0.269. The maximum absolute atomic E-state index is 14.3. The van der Waals surface area contributed by atoms with Crippen LogP contribution in [0.15, 0.2) is 53.6 Å². The van der Waals surface area contributed by atoms with Gasteiger partial charge in [0, 0.05) is 61.0 Å². The van der Waals surface area contributed by atoms with E-state index in [1.165, 1.54) is 62.8 Å². The Bertz CT molecular complexity index is 1320. The van der Waals surface area contributed by atoms with Crippen molar-refractivity contribution in [2.75, 3.05) is 55.7 Å². The summed E-state index contributed by atoms with van der Waals surface area (Å²) in [6.45, 7) is 6.14. The summed E-state index contributed by atoms with van der Waals surface area (Å²) < 4.78 is 21.4. The second-order valence-corrected chi connectivity index (χ2v) is 10.6. The van der Waals surface area contributed by atoms with E-state index in [4.69, 9.17) is 16.5 Å². The predicted octanol–water partition coefficient (Wildman–Crippen LogP) is 4.09. The summed E-state index contributed by atoms with van der Waals surface area (Å²) in [4.78, 5) is 28.0. The van der Waals surface area contributed by atoms with Crippen molar-refractivity contribution in [2.24, 2.45) is 0 Å². The summed E-state index contributed by atoms with van der Waals surface area (Å²) >= 11 is 6.32. The minimum absolute atomic E-state index is 0.200. The van der Waals surface area contributed by atoms with Gasteiger partial charge >= 0.3 is 0 Å². The number of anilines is 2. The SMILES string of the molecule is O=c1cc(-c2ccncc2F)nc(N2CCO[C@@H](c3ccc(N4CCC(N5CCCC5)CC4)cc3)C2)n1Cl. The molecule has 0 spiro atoms. The Kier molecular flexibility index (Phi) is 7.32. The van der Waals surface area contributed by atoms with Crippen LogP contribution in [0, 0.1) is 5.82 Å². The van der Waals surface area contributed by atoms with Crippen LogP contribution >= 0.6 is 11.8 Å². The predicted molar refractivity (Wildman–Crippen MR) is 146 cm³/mol. The van der Waals surface area contributed by atoms with Gasteiger partial charge in [-0.25, -0.2) is 9.37 Å². The summed E-state index contributed by atoms with van der Waals surface area (Å²) in [6, 6.07) is 12.1. The smallest absolute Gasteiger partial charge is 0.270 e. The Balaban J connectivity index is 1.15. The maximum Gasteiger partial charge on any atom is 0.270 e. The van der Waals surface area contributed by atoms with Gasteiger partial charge in [-0.15, -0.1) is 0 Å². The van der Waals surface area contributed by atoms with Gasteiger partial charge in [0.1, 0.15) is 6.10 Å². The van der Waals surface area contributed by atoms with E-state index in [1.54, 1.807) is 0 Å². The van der Waals surface area contributed by atoms with Gasteiger partial charge in [-0.05, 0) is 62.5 Å². The molecule has 0 bridgehead atoms. The molecular weight excluding hydrogens is 507 g/mol. The van der Waals surface area contributed by atoms with Gasteiger partial charge in [0.2, 0.25) is 5.95 Å². The van der Waals surface area contributed by atoms with E-state index in [-0.39, 0.29) is 23.3 Å². The van der Waals surface area contributed by atoms with Crippen LogP contribution < -0.4 is 15.4 Å². The number of benzene rings is 1. The molecule has 3 aliphatic heterocycles. The van der Waals surface area contributed by atoms with Gasteiger partial charge in [-0.3, -0.25) is 9.78 Å². The number of pyridine rings is 1. The summed E-state index contributed by atoms with van der Waals surface area (Å²) in [5.41, 5.74) is 2.27. The Labute approximate surface area is 226 Å². The second kappa shape index (κ2) is 11.0. The van der Waals surface area contributed by atoms with E-state index >= 15 is 0 Å². The minimum atomic E-state index is -0.544. The molecule has 0 amide bonds. The fraction of sp³-hybridized carbons (Fsp3) is 0.464. The summed E-state index contributed by atoms with van der Waals surface area (Å²) in [5, 5.41) is 0. The lowest BCUT2D eigenvalue weighted by molar-refractivity contribution is 0.0391. The van der Waals surface area contributed by atoms with Crippen molar-refractivity contribution >= 4 is 23.4 Å². The molecule has 3 fully saturated rings. The average molecular weight is 539 g/mol. The summed E-state index contributed by atoms with van der Waals surface area (Å²) in [7, 11) is 0. The molecule has 2 aromatic heterocycles. The van der Waals surface area contributed by atoms with Crippen LogP contribution in [-0.2, 0) is 4.74 Å². The van der Waals surface area contributed by atoms with Crippen LogP contribution in [-0.4, -0.2) is 70.9 Å². The number of ether oxygens (including phenoxy) is 1. The zero-order valence-electron chi connectivity index (χ0n) is 21.3. The first-order valence-corrected chi connectivity index (χ1v) is 13.8. The highest BCUT2D eigenvalue weighted by Gasteiger charge is 2.28. The molecule has 3 aliphatic rings. The van der Waals surface area contributed by atoms with E-state index < -0.39 is 11.4 Å². The topological polar surface area (TPSA) is 66.7 Å². The van der Waals surface area contributed by atoms with Gasteiger partial charge in [0.05, 0.1) is 25.0 Å². The van der Waals surface area contributed by atoms with E-state index in [0.29, 0.717) is 19.7 Å². The Morgan fingerprint density at radius 3 is 2.47 bits per heavy atom. The molecule has 0 unspecified atom stereocenters. The third kappa shape index (κ3) is 5.15. The van der Waals surface area contributed by atoms with E-state index in [1.807, 2.05) is 4.90 Å². The van der Waals surface area contributed by atoms with Crippen LogP contribution in [0.1, 0.15) is 37.4 Å². The molecular formula is C28H32ClFN6O2. The van der Waals surface area contributed by atoms with Gasteiger partial charge in [0.25, 0.3) is 5.56 Å². The molecule has 1 atom stereocenters. The lowest BCUT2D eigenvalue weighted by atomic mass is 10.0. The van der Waals surface area contributed by atoms with Crippen LogP contribution in [0.25, 0.3) is 11.3 Å². The molecule has 1 aromatic carbocycles. The highest BCUT2D eigenvalue weighted by atomic mass is 35.5. The van der Waals surface area contributed by atoms with Gasteiger partial charge in [0.15, 0.2) is 5.82 Å². The first-order valence-electron chi connectivity index (χ1n) is 13.4. The molecule has 3 saturated heterocycles. The zero-order chi connectivity index (χ0) is 26.1. The van der Waals surface area contributed by atoms with Crippen LogP contribution in [0.3, 0.4) is 0 Å². The second-order valence-electron chi connectivity index (χ2n) is 10.3. The third-order valence-corrected chi connectivity index (χ3v) is 8.32. The Morgan fingerprint density at radius 1 is 0.974 bits per heavy atom. The molecule has 6 rings (SSSR count). The van der Waals surface area contributed by atoms with Crippen molar-refractivity contribution in [1.29, 1.82) is 0 Å².